The summed E-state index contributed by atoms with van der Waals surface area (Å²) < 4.78 is 24.3. The van der Waals surface area contributed by atoms with Crippen LogP contribution in [-0.4, -0.2) is 78.2 Å². The molecule has 16 heteroatoms. The molecule has 0 spiro atoms. The number of ether oxygens (including phenoxy) is 4. The zero-order valence-electron chi connectivity index (χ0n) is 39.4. The Morgan fingerprint density at radius 2 is 1.36 bits per heavy atom. The van der Waals surface area contributed by atoms with Crippen molar-refractivity contribution in [2.45, 2.75) is 95.6 Å². The molecule has 4 aliphatic heterocycles. The van der Waals surface area contributed by atoms with Crippen LogP contribution in [0.4, 0.5) is 28.4 Å². The van der Waals surface area contributed by atoms with Crippen molar-refractivity contribution in [3.63, 3.8) is 0 Å². The minimum absolute atomic E-state index is 0.0319. The van der Waals surface area contributed by atoms with Crippen LogP contribution < -0.4 is 44.7 Å². The summed E-state index contributed by atoms with van der Waals surface area (Å²) >= 11 is 0. The van der Waals surface area contributed by atoms with E-state index in [1.54, 1.807) is 64.8 Å². The zero-order valence-corrected chi connectivity index (χ0v) is 41.0. The van der Waals surface area contributed by atoms with Gasteiger partial charge in [0, 0.05) is 59.1 Å². The van der Waals surface area contributed by atoms with Crippen molar-refractivity contribution in [2.24, 2.45) is 0 Å². The monoisotopic (exact) mass is 971 g/mol. The van der Waals surface area contributed by atoms with Gasteiger partial charge in [-0.1, -0.05) is 58.0 Å². The topological polar surface area (TPSA) is 168 Å². The first-order valence-electron chi connectivity index (χ1n) is 23.2. The summed E-state index contributed by atoms with van der Waals surface area (Å²) in [6.45, 7) is 6.54. The van der Waals surface area contributed by atoms with Gasteiger partial charge in [0.15, 0.2) is 23.0 Å². The van der Waals surface area contributed by atoms with Crippen LogP contribution in [0.3, 0.4) is 0 Å². The molecule has 4 aliphatic rings. The van der Waals surface area contributed by atoms with Crippen molar-refractivity contribution in [1.29, 1.82) is 0 Å². The van der Waals surface area contributed by atoms with E-state index in [4.69, 9.17) is 18.9 Å². The van der Waals surface area contributed by atoms with Gasteiger partial charge in [0.05, 0.1) is 48.8 Å². The van der Waals surface area contributed by atoms with E-state index in [0.717, 1.165) is 46.7 Å². The summed E-state index contributed by atoms with van der Waals surface area (Å²) in [6, 6.07) is 27.6. The van der Waals surface area contributed by atoms with E-state index in [1.807, 2.05) is 65.6 Å². The Morgan fingerprint density at radius 3 is 2.01 bits per heavy atom. The smallest absolute Gasteiger partial charge is 0.260 e. The van der Waals surface area contributed by atoms with Gasteiger partial charge < -0.3 is 54.6 Å². The number of hydrogen-bond donors (Lipinski definition) is 4. The van der Waals surface area contributed by atoms with Gasteiger partial charge in [0.2, 0.25) is 5.91 Å². The van der Waals surface area contributed by atoms with Crippen molar-refractivity contribution in [3.8, 4) is 23.0 Å². The zero-order chi connectivity index (χ0) is 48.4. The average molecular weight is 972 g/mol. The molecule has 0 saturated heterocycles. The number of para-hydroxylation sites is 2. The van der Waals surface area contributed by atoms with Crippen molar-refractivity contribution in [1.82, 2.24) is 0 Å². The Bertz CT molecular complexity index is 2800. The van der Waals surface area contributed by atoms with Crippen LogP contribution in [0.25, 0.3) is 0 Å². The molecule has 1 unspecified atom stereocenters. The van der Waals surface area contributed by atoms with Gasteiger partial charge in [-0.25, -0.2) is 0 Å². The largest absolute Gasteiger partial charge is 0.493 e. The molecule has 4 heterocycles. The van der Waals surface area contributed by atoms with E-state index in [2.05, 4.69) is 35.9 Å². The molecule has 0 saturated carbocycles. The molecule has 5 aromatic carbocycles. The highest BCUT2D eigenvalue weighted by Gasteiger charge is 2.42. The second kappa shape index (κ2) is 20.3. The number of anilines is 5. The lowest BCUT2D eigenvalue weighted by molar-refractivity contribution is -0.117. The van der Waals surface area contributed by atoms with Crippen molar-refractivity contribution in [2.75, 3.05) is 52.3 Å². The van der Waals surface area contributed by atoms with Crippen LogP contribution in [0, 0.1) is 0 Å². The fourth-order valence-electron chi connectivity index (χ4n) is 9.44. The van der Waals surface area contributed by atoms with Gasteiger partial charge in [0.1, 0.15) is 25.2 Å². The third kappa shape index (κ3) is 10.3. The standard InChI is InChI=1S/C53H57N5O9S2/c1-31(59)11-10-18-68-69-53(2,3)17-16-49(60)55-36-20-32(29-66-47-26-40-38(24-45(47)64-4)51(62)57-37(28-54-40)22-34-12-6-8-14-42(34)57)19-33(21-36)30-67-48-27-41-39(25-46(48)65-5)52(63)58-43-15-9-7-13-35(43)23-44(58)50(61)56-41/h6-9,12-15,19-21,24-27,37,44,50,54,56,61H,10-11,16-18,22-23,28-30H2,1-5H3,(H,55,60)/t37-,44-,50?/m0/s1. The number of carbonyl (C=O) groups is 4. The summed E-state index contributed by atoms with van der Waals surface area (Å²) in [6.07, 6.45) is 2.54. The molecule has 14 nitrogen and oxygen atoms in total. The summed E-state index contributed by atoms with van der Waals surface area (Å²) in [4.78, 5) is 56.7. The Morgan fingerprint density at radius 1 is 0.768 bits per heavy atom. The summed E-state index contributed by atoms with van der Waals surface area (Å²) in [5, 5.41) is 21.1. The first kappa shape index (κ1) is 47.7. The van der Waals surface area contributed by atoms with Gasteiger partial charge in [0.25, 0.3) is 11.8 Å². The van der Waals surface area contributed by atoms with Crippen LogP contribution in [0.5, 0.6) is 23.0 Å². The van der Waals surface area contributed by atoms with E-state index >= 15 is 0 Å². The lowest BCUT2D eigenvalue weighted by atomic mass is 10.1. The Labute approximate surface area is 410 Å². The van der Waals surface area contributed by atoms with Crippen molar-refractivity contribution >= 4 is 73.5 Å². The summed E-state index contributed by atoms with van der Waals surface area (Å²) in [5.41, 5.74) is 7.71. The van der Waals surface area contributed by atoms with E-state index in [-0.39, 0.29) is 53.9 Å². The number of aliphatic hydroxyl groups is 1. The highest BCUT2D eigenvalue weighted by molar-refractivity contribution is 8.77. The van der Waals surface area contributed by atoms with Crippen molar-refractivity contribution < 1.29 is 43.2 Å². The first-order valence-corrected chi connectivity index (χ1v) is 25.5. The maximum Gasteiger partial charge on any atom is 0.260 e. The normalized spacial score (nSPS) is 17.7. The predicted molar refractivity (Wildman–Crippen MR) is 273 cm³/mol. The van der Waals surface area contributed by atoms with Gasteiger partial charge in [-0.15, -0.1) is 0 Å². The summed E-state index contributed by atoms with van der Waals surface area (Å²) in [7, 11) is 6.50. The maximum atomic E-state index is 14.1. The molecule has 4 N–H and O–H groups in total. The van der Waals surface area contributed by atoms with E-state index in [0.29, 0.717) is 82.6 Å². The average Bonchev–Trinajstić information content (AvgIpc) is 3.86. The first-order chi connectivity index (χ1) is 33.3. The van der Waals surface area contributed by atoms with Gasteiger partial charge in [-0.3, -0.25) is 14.4 Å². The van der Waals surface area contributed by atoms with Crippen LogP contribution in [-0.2, 0) is 35.6 Å². The molecular weight excluding hydrogens is 915 g/mol. The Kier molecular flexibility index (Phi) is 14.0. The SMILES string of the molecule is COc1cc2c(cc1OCc1cc(COc3cc4c(cc3OC)C(=O)N3c5ccccc5C[C@H]3C(O)N4)cc(NC(=O)CCC(C)(C)SSCCCC(C)=O)c1)NC[C@@H]1Cc3ccccc3N1C2=O. The van der Waals surface area contributed by atoms with Crippen LogP contribution in [0.15, 0.2) is 91.0 Å². The molecule has 0 radical (unpaired) electrons. The molecule has 9 rings (SSSR count). The Hall–Kier alpha value is -6.36. The number of ketones is 1. The third-order valence-corrected chi connectivity index (χ3v) is 16.3. The minimum atomic E-state index is -1.04. The molecule has 0 aliphatic carbocycles. The molecule has 0 fully saturated rings. The number of methoxy groups -OCH3 is 2. The molecule has 360 valence electrons. The molecule has 0 aromatic heterocycles. The number of hydrogen-bond acceptors (Lipinski definition) is 13. The number of fused-ring (bicyclic) bond motifs is 8. The highest BCUT2D eigenvalue weighted by atomic mass is 33.1. The second-order valence-corrected chi connectivity index (χ2v) is 21.6. The highest BCUT2D eigenvalue weighted by Crippen LogP contribution is 2.44. The van der Waals surface area contributed by atoms with Gasteiger partial charge >= 0.3 is 0 Å². The molecule has 69 heavy (non-hydrogen) atoms. The van der Waals surface area contributed by atoms with Crippen LogP contribution in [0.2, 0.25) is 0 Å². The van der Waals surface area contributed by atoms with E-state index in [1.165, 1.54) is 7.11 Å². The lowest BCUT2D eigenvalue weighted by Crippen LogP contribution is -2.45. The van der Waals surface area contributed by atoms with E-state index < -0.39 is 12.3 Å². The lowest BCUT2D eigenvalue weighted by Gasteiger charge is -2.26. The number of benzene rings is 5. The van der Waals surface area contributed by atoms with Gasteiger partial charge in [-0.2, -0.15) is 0 Å². The van der Waals surface area contributed by atoms with Crippen molar-refractivity contribution in [3.05, 3.63) is 124 Å². The van der Waals surface area contributed by atoms with E-state index in [9.17, 15) is 24.3 Å². The minimum Gasteiger partial charge on any atom is -0.493 e. The molecule has 5 aromatic rings. The molecular formula is C53H57N5O9S2. The number of carbonyl (C=O) groups excluding carboxylic acids is 4. The van der Waals surface area contributed by atoms with Crippen LogP contribution >= 0.6 is 21.6 Å². The Balaban J connectivity index is 0.947. The fourth-order valence-corrected chi connectivity index (χ4v) is 12.1. The van der Waals surface area contributed by atoms with Crippen LogP contribution in [0.1, 0.15) is 89.4 Å². The number of amides is 3. The molecule has 0 bridgehead atoms. The fraction of sp³-hybridized carbons (Fsp3) is 0.358. The summed E-state index contributed by atoms with van der Waals surface area (Å²) in [5.74, 6) is 2.06. The predicted octanol–water partition coefficient (Wildman–Crippen LogP) is 9.42. The quantitative estimate of drug-likeness (QED) is 0.0485. The number of Topliss-reactive ketones (excluding diaryl/α,β-unsaturated/α-hetero) is 1. The number of nitrogens with zero attached hydrogens (tertiary/aromatic N) is 2. The third-order valence-electron chi connectivity index (χ3n) is 12.9. The number of nitrogens with one attached hydrogen (secondary N) is 3. The number of rotatable bonds is 18. The molecule has 3 atom stereocenters. The second-order valence-electron chi connectivity index (χ2n) is 18.4. The maximum absolute atomic E-state index is 14.1. The van der Waals surface area contributed by atoms with Gasteiger partial charge in [-0.05, 0) is 111 Å². The number of aliphatic hydroxyl groups excluding tert-OH is 1. The molecule has 3 amide bonds.